The molecule has 0 aromatic heterocycles. The summed E-state index contributed by atoms with van der Waals surface area (Å²) in [5.41, 5.74) is 9.98. The minimum Gasteiger partial charge on any atom is -0.475 e. The van der Waals surface area contributed by atoms with Crippen molar-refractivity contribution < 1.29 is 23.1 Å². The Morgan fingerprint density at radius 2 is 1.69 bits per heavy atom. The van der Waals surface area contributed by atoms with Gasteiger partial charge in [-0.1, -0.05) is 0 Å². The third-order valence-electron chi connectivity index (χ3n) is 0.901. The molecule has 0 unspecified atom stereocenters. The summed E-state index contributed by atoms with van der Waals surface area (Å²) in [5, 5.41) is 14.2. The molecule has 10 heteroatoms. The molecule has 0 saturated carbocycles. The van der Waals surface area contributed by atoms with Gasteiger partial charge < -0.3 is 21.5 Å². The molecule has 0 saturated heterocycles. The number of hydrogen-bond acceptors (Lipinski definition) is 2. The number of nitrogens with two attached hydrogens (primary N) is 2. The Bertz CT molecular complexity index is 282. The van der Waals surface area contributed by atoms with Crippen molar-refractivity contribution in [1.29, 1.82) is 5.41 Å². The Morgan fingerprint density at radius 1 is 1.38 bits per heavy atom. The van der Waals surface area contributed by atoms with Crippen molar-refractivity contribution in [3.05, 3.63) is 0 Å². The number of aliphatic imine (C=N–C) groups is 1. The first-order valence-corrected chi connectivity index (χ1v) is 3.64. The number of carbonyl (C=O) groups is 1. The molecule has 0 spiro atoms. The Labute approximate surface area is 89.0 Å². The van der Waals surface area contributed by atoms with E-state index in [1.54, 1.807) is 14.1 Å². The summed E-state index contributed by atoms with van der Waals surface area (Å²) in [6.45, 7) is 0. The molecule has 94 valence electrons. The van der Waals surface area contributed by atoms with E-state index in [4.69, 9.17) is 26.8 Å². The maximum absolute atomic E-state index is 10.6. The predicted octanol–water partition coefficient (Wildman–Crippen LogP) is -0.611. The second-order valence-electron chi connectivity index (χ2n) is 2.56. The topological polar surface area (TPSA) is 129 Å². The summed E-state index contributed by atoms with van der Waals surface area (Å²) < 4.78 is 31.7. The summed E-state index contributed by atoms with van der Waals surface area (Å²) in [6, 6.07) is 0. The molecule has 0 aliphatic carbocycles. The van der Waals surface area contributed by atoms with Crippen molar-refractivity contribution >= 4 is 17.9 Å². The first kappa shape index (κ1) is 16.4. The van der Waals surface area contributed by atoms with Gasteiger partial charge in [-0.05, 0) is 0 Å². The second-order valence-corrected chi connectivity index (χ2v) is 2.56. The van der Waals surface area contributed by atoms with Crippen LogP contribution in [-0.2, 0) is 4.79 Å². The molecule has 0 amide bonds. The molecule has 16 heavy (non-hydrogen) atoms. The van der Waals surface area contributed by atoms with Gasteiger partial charge in [0.05, 0.1) is 0 Å². The molecular formula is C6H12F3N5O2. The number of halogens is 3. The molecule has 0 rings (SSSR count). The van der Waals surface area contributed by atoms with Crippen LogP contribution in [0.25, 0.3) is 0 Å². The lowest BCUT2D eigenvalue weighted by Crippen LogP contribution is -2.28. The zero-order chi connectivity index (χ0) is 13.5. The summed E-state index contributed by atoms with van der Waals surface area (Å²) >= 11 is 0. The van der Waals surface area contributed by atoms with Crippen molar-refractivity contribution in [3.8, 4) is 0 Å². The van der Waals surface area contributed by atoms with Gasteiger partial charge in [-0.3, -0.25) is 5.41 Å². The van der Waals surface area contributed by atoms with E-state index in [0.717, 1.165) is 0 Å². The van der Waals surface area contributed by atoms with Crippen LogP contribution in [0.2, 0.25) is 0 Å². The van der Waals surface area contributed by atoms with E-state index in [9.17, 15) is 13.2 Å². The molecule has 0 atom stereocenters. The predicted molar refractivity (Wildman–Crippen MR) is 50.9 cm³/mol. The van der Waals surface area contributed by atoms with Gasteiger partial charge in [-0.25, -0.2) is 4.79 Å². The first-order chi connectivity index (χ1) is 6.98. The molecule has 0 aliphatic rings. The van der Waals surface area contributed by atoms with E-state index in [-0.39, 0.29) is 11.9 Å². The minimum absolute atomic E-state index is 0.0509. The van der Waals surface area contributed by atoms with E-state index in [0.29, 0.717) is 0 Å². The average molecular weight is 243 g/mol. The smallest absolute Gasteiger partial charge is 0.475 e. The van der Waals surface area contributed by atoms with Crippen molar-refractivity contribution in [1.82, 2.24) is 4.90 Å². The van der Waals surface area contributed by atoms with Gasteiger partial charge in [0.2, 0.25) is 5.96 Å². The molecule has 0 aliphatic heterocycles. The SMILES string of the molecule is CN(C)C(=N)N=C(N)N.O=C(O)C(F)(F)F. The fourth-order valence-electron chi connectivity index (χ4n) is 0.222. The summed E-state index contributed by atoms with van der Waals surface area (Å²) in [4.78, 5) is 13.9. The zero-order valence-electron chi connectivity index (χ0n) is 8.54. The third kappa shape index (κ3) is 10.1. The van der Waals surface area contributed by atoms with Crippen LogP contribution in [0.4, 0.5) is 13.2 Å². The van der Waals surface area contributed by atoms with Gasteiger partial charge in [0.15, 0.2) is 5.96 Å². The van der Waals surface area contributed by atoms with Crippen LogP contribution >= 0.6 is 0 Å². The fraction of sp³-hybridized carbons (Fsp3) is 0.500. The van der Waals surface area contributed by atoms with Gasteiger partial charge in [0, 0.05) is 14.1 Å². The van der Waals surface area contributed by atoms with E-state index < -0.39 is 12.1 Å². The maximum Gasteiger partial charge on any atom is 0.490 e. The second kappa shape index (κ2) is 6.48. The highest BCUT2D eigenvalue weighted by Crippen LogP contribution is 2.13. The molecule has 0 bridgehead atoms. The van der Waals surface area contributed by atoms with Crippen molar-refractivity contribution in [2.45, 2.75) is 6.18 Å². The summed E-state index contributed by atoms with van der Waals surface area (Å²) in [5.74, 6) is -2.80. The minimum atomic E-state index is -5.08. The Morgan fingerprint density at radius 3 is 1.75 bits per heavy atom. The van der Waals surface area contributed by atoms with Crippen LogP contribution in [0.15, 0.2) is 4.99 Å². The number of hydrogen-bond donors (Lipinski definition) is 4. The lowest BCUT2D eigenvalue weighted by Gasteiger charge is -2.07. The van der Waals surface area contributed by atoms with Crippen LogP contribution < -0.4 is 11.5 Å². The van der Waals surface area contributed by atoms with Gasteiger partial charge in [0.25, 0.3) is 0 Å². The molecule has 6 N–H and O–H groups in total. The van der Waals surface area contributed by atoms with E-state index in [1.807, 2.05) is 0 Å². The van der Waals surface area contributed by atoms with E-state index in [2.05, 4.69) is 4.99 Å². The Hall–Kier alpha value is -2.00. The van der Waals surface area contributed by atoms with Gasteiger partial charge in [-0.15, -0.1) is 0 Å². The van der Waals surface area contributed by atoms with Gasteiger partial charge in [-0.2, -0.15) is 18.2 Å². The highest BCUT2D eigenvalue weighted by Gasteiger charge is 2.38. The maximum atomic E-state index is 10.6. The molecular weight excluding hydrogens is 231 g/mol. The number of rotatable bonds is 0. The summed E-state index contributed by atoms with van der Waals surface area (Å²) in [6.07, 6.45) is -5.08. The Balaban J connectivity index is 0. The molecule has 0 aromatic rings. The van der Waals surface area contributed by atoms with Crippen LogP contribution in [-0.4, -0.2) is 48.2 Å². The zero-order valence-corrected chi connectivity index (χ0v) is 8.54. The quantitative estimate of drug-likeness (QED) is 0.333. The summed E-state index contributed by atoms with van der Waals surface area (Å²) in [7, 11) is 3.38. The van der Waals surface area contributed by atoms with Crippen molar-refractivity contribution in [3.63, 3.8) is 0 Å². The monoisotopic (exact) mass is 243 g/mol. The molecule has 0 fully saturated rings. The highest BCUT2D eigenvalue weighted by molar-refractivity contribution is 5.91. The van der Waals surface area contributed by atoms with E-state index in [1.165, 1.54) is 4.90 Å². The Kier molecular flexibility index (Phi) is 6.65. The lowest BCUT2D eigenvalue weighted by atomic mass is 10.7. The number of guanidine groups is 2. The largest absolute Gasteiger partial charge is 0.490 e. The molecule has 7 nitrogen and oxygen atoms in total. The van der Waals surface area contributed by atoms with Crippen LogP contribution in [0.1, 0.15) is 0 Å². The first-order valence-electron chi connectivity index (χ1n) is 3.64. The van der Waals surface area contributed by atoms with Crippen LogP contribution in [0.3, 0.4) is 0 Å². The molecule has 0 heterocycles. The van der Waals surface area contributed by atoms with Gasteiger partial charge in [0.1, 0.15) is 0 Å². The number of carboxylic acid groups (broad SMARTS) is 1. The number of nitrogens with one attached hydrogen (secondary N) is 1. The standard InChI is InChI=1S/C4H11N5.C2HF3O2/c1-9(2)4(7)8-3(5)6;3-2(4,5)1(6)7/h1-2H3,(H5,5,6,7,8);(H,6,7). The van der Waals surface area contributed by atoms with Crippen molar-refractivity contribution in [2.75, 3.05) is 14.1 Å². The average Bonchev–Trinajstić information content (AvgIpc) is 2.01. The number of aliphatic carboxylic acids is 1. The normalized spacial score (nSPS) is 9.56. The van der Waals surface area contributed by atoms with Crippen LogP contribution in [0.5, 0.6) is 0 Å². The van der Waals surface area contributed by atoms with Crippen LogP contribution in [0, 0.1) is 5.41 Å². The molecule has 0 radical (unpaired) electrons. The van der Waals surface area contributed by atoms with E-state index >= 15 is 0 Å². The number of carboxylic acids is 1. The van der Waals surface area contributed by atoms with Gasteiger partial charge >= 0.3 is 12.1 Å². The number of nitrogens with zero attached hydrogens (tertiary/aromatic N) is 2. The highest BCUT2D eigenvalue weighted by atomic mass is 19.4. The number of alkyl halides is 3. The fourth-order valence-corrected chi connectivity index (χ4v) is 0.222. The lowest BCUT2D eigenvalue weighted by molar-refractivity contribution is -0.192. The third-order valence-corrected chi connectivity index (χ3v) is 0.901. The van der Waals surface area contributed by atoms with Crippen molar-refractivity contribution in [2.24, 2.45) is 16.5 Å². The molecule has 0 aromatic carbocycles.